The second-order valence-corrected chi connectivity index (χ2v) is 4.96. The second kappa shape index (κ2) is 8.95. The molecular weight excluding hydrogens is 283 g/mol. The molecule has 0 atom stereocenters. The third-order valence-electron chi connectivity index (χ3n) is 3.62. The van der Waals surface area contributed by atoms with Gasteiger partial charge in [0.2, 0.25) is 0 Å². The van der Waals surface area contributed by atoms with Crippen LogP contribution in [0.1, 0.15) is 31.2 Å². The molecule has 0 bridgehead atoms. The number of rotatable bonds is 4. The minimum atomic E-state index is -1.00. The summed E-state index contributed by atoms with van der Waals surface area (Å²) in [6.45, 7) is 0.278. The molecule has 1 aromatic rings. The molecule has 1 aliphatic carbocycles. The summed E-state index contributed by atoms with van der Waals surface area (Å²) in [6, 6.07) is 9.51. The van der Waals surface area contributed by atoms with E-state index < -0.39 is 11.9 Å². The molecule has 5 heteroatoms. The van der Waals surface area contributed by atoms with Crippen LogP contribution in [0.5, 0.6) is 0 Å². The van der Waals surface area contributed by atoms with Crippen molar-refractivity contribution in [2.45, 2.75) is 32.3 Å². The zero-order valence-corrected chi connectivity index (χ0v) is 14.8. The van der Waals surface area contributed by atoms with Crippen molar-refractivity contribution in [3.05, 3.63) is 35.9 Å². The van der Waals surface area contributed by atoms with Crippen molar-refractivity contribution in [1.29, 1.82) is 0 Å². The largest absolute Gasteiger partial charge is 1.00 e. The van der Waals surface area contributed by atoms with Crippen LogP contribution in [-0.4, -0.2) is 11.9 Å². The fourth-order valence-electron chi connectivity index (χ4n) is 2.41. The molecule has 1 saturated carbocycles. The quantitative estimate of drug-likeness (QED) is 0.491. The summed E-state index contributed by atoms with van der Waals surface area (Å²) >= 11 is 0. The number of hydrogen-bond donors (Lipinski definition) is 0. The van der Waals surface area contributed by atoms with Gasteiger partial charge < -0.3 is 14.6 Å². The Morgan fingerprint density at radius 2 is 1.60 bits per heavy atom. The van der Waals surface area contributed by atoms with Crippen LogP contribution in [0.3, 0.4) is 0 Å². The predicted molar refractivity (Wildman–Crippen MR) is 66.7 cm³/mol. The molecule has 2 rings (SSSR count). The van der Waals surface area contributed by atoms with E-state index in [-0.39, 0.29) is 69.9 Å². The van der Waals surface area contributed by atoms with Crippen LogP contribution >= 0.6 is 0 Å². The van der Waals surface area contributed by atoms with Gasteiger partial charge in [-0.2, -0.15) is 0 Å². The van der Waals surface area contributed by atoms with Gasteiger partial charge in [-0.1, -0.05) is 30.3 Å². The van der Waals surface area contributed by atoms with E-state index in [9.17, 15) is 14.7 Å². The molecular formula is C15H17KO4. The average molecular weight is 300 g/mol. The third-order valence-corrected chi connectivity index (χ3v) is 3.62. The van der Waals surface area contributed by atoms with Crippen LogP contribution in [0.25, 0.3) is 0 Å². The first-order valence-electron chi connectivity index (χ1n) is 6.58. The van der Waals surface area contributed by atoms with Crippen LogP contribution < -0.4 is 56.5 Å². The van der Waals surface area contributed by atoms with E-state index >= 15 is 0 Å². The van der Waals surface area contributed by atoms with E-state index in [1.807, 2.05) is 30.3 Å². The Labute approximate surface area is 161 Å². The molecule has 1 aromatic carbocycles. The number of carboxylic acid groups (broad SMARTS) is 1. The van der Waals surface area contributed by atoms with Crippen LogP contribution in [0.15, 0.2) is 30.3 Å². The van der Waals surface area contributed by atoms with Crippen LogP contribution in [0, 0.1) is 11.8 Å². The molecule has 0 aliphatic heterocycles. The molecule has 0 amide bonds. The summed E-state index contributed by atoms with van der Waals surface area (Å²) < 4.78 is 5.26. The summed E-state index contributed by atoms with van der Waals surface area (Å²) in [4.78, 5) is 22.6. The van der Waals surface area contributed by atoms with Gasteiger partial charge in [0, 0.05) is 5.97 Å². The number of carbonyl (C=O) groups is 2. The standard InChI is InChI=1S/C15H18O4.K/c16-14(17)12-6-8-13(9-7-12)15(18)19-10-11-4-2-1-3-5-11;/h1-5,12-13H,6-10H2,(H,16,17);/q;+1/p-1. The summed E-state index contributed by atoms with van der Waals surface area (Å²) in [5.41, 5.74) is 0.958. The summed E-state index contributed by atoms with van der Waals surface area (Å²) in [7, 11) is 0. The first kappa shape index (κ1) is 17.8. The van der Waals surface area contributed by atoms with Crippen molar-refractivity contribution in [1.82, 2.24) is 0 Å². The van der Waals surface area contributed by atoms with Gasteiger partial charge in [0.1, 0.15) is 6.61 Å². The molecule has 102 valence electrons. The van der Waals surface area contributed by atoms with E-state index in [1.165, 1.54) is 0 Å². The molecule has 0 saturated heterocycles. The second-order valence-electron chi connectivity index (χ2n) is 4.96. The Balaban J connectivity index is 0.00000200. The predicted octanol–water partition coefficient (Wildman–Crippen LogP) is -1.71. The van der Waals surface area contributed by atoms with E-state index in [0.717, 1.165) is 5.56 Å². The number of aliphatic carboxylic acids is 1. The van der Waals surface area contributed by atoms with E-state index in [4.69, 9.17) is 4.74 Å². The van der Waals surface area contributed by atoms with Crippen molar-refractivity contribution in [2.75, 3.05) is 0 Å². The summed E-state index contributed by atoms with van der Waals surface area (Å²) in [5.74, 6) is -1.80. The maximum absolute atomic E-state index is 11.9. The van der Waals surface area contributed by atoms with E-state index in [0.29, 0.717) is 25.7 Å². The van der Waals surface area contributed by atoms with Crippen LogP contribution in [0.4, 0.5) is 0 Å². The van der Waals surface area contributed by atoms with Gasteiger partial charge in [-0.15, -0.1) is 0 Å². The van der Waals surface area contributed by atoms with Gasteiger partial charge in [-0.05, 0) is 37.2 Å². The molecule has 1 fully saturated rings. The van der Waals surface area contributed by atoms with Crippen molar-refractivity contribution in [3.8, 4) is 0 Å². The summed E-state index contributed by atoms with van der Waals surface area (Å²) in [5, 5.41) is 10.7. The zero-order chi connectivity index (χ0) is 13.7. The zero-order valence-electron chi connectivity index (χ0n) is 11.7. The minimum Gasteiger partial charge on any atom is -0.550 e. The van der Waals surface area contributed by atoms with Gasteiger partial charge in [0.05, 0.1) is 5.92 Å². The Morgan fingerprint density at radius 1 is 1.05 bits per heavy atom. The van der Waals surface area contributed by atoms with Gasteiger partial charge in [-0.25, -0.2) is 0 Å². The van der Waals surface area contributed by atoms with E-state index in [2.05, 4.69) is 0 Å². The Bertz CT molecular complexity index is 438. The Morgan fingerprint density at radius 3 is 2.15 bits per heavy atom. The maximum atomic E-state index is 11.9. The average Bonchev–Trinajstić information content (AvgIpc) is 2.46. The van der Waals surface area contributed by atoms with Gasteiger partial charge in [0.25, 0.3) is 0 Å². The van der Waals surface area contributed by atoms with Crippen LogP contribution in [0.2, 0.25) is 0 Å². The molecule has 4 nitrogen and oxygen atoms in total. The third kappa shape index (κ3) is 5.29. The van der Waals surface area contributed by atoms with Gasteiger partial charge in [-0.3, -0.25) is 4.79 Å². The number of hydrogen-bond acceptors (Lipinski definition) is 4. The van der Waals surface area contributed by atoms with Crippen molar-refractivity contribution in [3.63, 3.8) is 0 Å². The van der Waals surface area contributed by atoms with E-state index in [1.54, 1.807) is 0 Å². The summed E-state index contributed by atoms with van der Waals surface area (Å²) in [6.07, 6.45) is 2.17. The number of carbonyl (C=O) groups excluding carboxylic acids is 2. The smallest absolute Gasteiger partial charge is 0.550 e. The molecule has 0 N–H and O–H groups in total. The first-order valence-corrected chi connectivity index (χ1v) is 6.58. The maximum Gasteiger partial charge on any atom is 1.00 e. The Kier molecular flexibility index (Phi) is 7.98. The number of benzene rings is 1. The first-order chi connectivity index (χ1) is 9.16. The molecule has 0 radical (unpaired) electrons. The van der Waals surface area contributed by atoms with Gasteiger partial charge >= 0.3 is 57.4 Å². The molecule has 0 aromatic heterocycles. The van der Waals surface area contributed by atoms with Crippen LogP contribution in [-0.2, 0) is 20.9 Å². The molecule has 20 heavy (non-hydrogen) atoms. The topological polar surface area (TPSA) is 66.4 Å². The minimum absolute atomic E-state index is 0. The van der Waals surface area contributed by atoms with Gasteiger partial charge in [0.15, 0.2) is 0 Å². The SMILES string of the molecule is O=C([O-])C1CCC(C(=O)OCc2ccccc2)CC1.[K+]. The Hall–Kier alpha value is -0.204. The van der Waals surface area contributed by atoms with Crippen molar-refractivity contribution >= 4 is 11.9 Å². The molecule has 0 heterocycles. The molecule has 0 unspecified atom stereocenters. The number of esters is 1. The molecule has 1 aliphatic rings. The fourth-order valence-corrected chi connectivity index (χ4v) is 2.41. The monoisotopic (exact) mass is 300 g/mol. The molecule has 0 spiro atoms. The fraction of sp³-hybridized carbons (Fsp3) is 0.467. The number of ether oxygens (including phenoxy) is 1. The van der Waals surface area contributed by atoms with Crippen molar-refractivity contribution in [2.24, 2.45) is 11.8 Å². The number of carboxylic acids is 1. The van der Waals surface area contributed by atoms with Crippen molar-refractivity contribution < 1.29 is 70.8 Å². The normalized spacial score (nSPS) is 21.6.